The van der Waals surface area contributed by atoms with Gasteiger partial charge in [-0.15, -0.1) is 0 Å². The third-order valence-corrected chi connectivity index (χ3v) is 5.72. The van der Waals surface area contributed by atoms with Gasteiger partial charge in [0.1, 0.15) is 12.4 Å². The molecule has 0 aromatic heterocycles. The van der Waals surface area contributed by atoms with Gasteiger partial charge >= 0.3 is 12.0 Å². The minimum atomic E-state index is -0.960. The van der Waals surface area contributed by atoms with Crippen molar-refractivity contribution in [2.75, 3.05) is 26.3 Å². The quantitative estimate of drug-likeness (QED) is 0.492. The Morgan fingerprint density at radius 3 is 2.38 bits per heavy atom. The molecule has 1 aliphatic rings. The first-order chi connectivity index (χ1) is 15.2. The summed E-state index contributed by atoms with van der Waals surface area (Å²) in [6.45, 7) is 10.3. The number of nitrogens with zero attached hydrogens (tertiary/aromatic N) is 1. The molecule has 0 heterocycles. The summed E-state index contributed by atoms with van der Waals surface area (Å²) in [5.74, 6) is -0.262. The number of ether oxygens (including phenoxy) is 2. The second-order valence-corrected chi connectivity index (χ2v) is 9.71. The molecular weight excluding hydrogens is 408 g/mol. The number of nitrogens with one attached hydrogen (secondary N) is 1. The summed E-state index contributed by atoms with van der Waals surface area (Å²) in [7, 11) is 0. The van der Waals surface area contributed by atoms with E-state index in [1.165, 1.54) is 12.8 Å². The standard InChI is InChI=1S/C25H40N2O5/c1-5-31-22(23(28)29)18-19-10-12-21(13-11-19)32-17-16-27(15-14-25(2,3)4)24(30)26-20-8-6-7-9-20/h10-13,20,22H,5-9,14-18H2,1-4H3,(H,26,30)(H,28,29). The van der Waals surface area contributed by atoms with Crippen molar-refractivity contribution in [3.63, 3.8) is 0 Å². The van der Waals surface area contributed by atoms with E-state index in [2.05, 4.69) is 26.1 Å². The molecule has 7 nitrogen and oxygen atoms in total. The fraction of sp³-hybridized carbons (Fsp3) is 0.680. The second kappa shape index (κ2) is 12.7. The van der Waals surface area contributed by atoms with E-state index in [-0.39, 0.29) is 11.4 Å². The van der Waals surface area contributed by atoms with Gasteiger partial charge in [-0.1, -0.05) is 45.7 Å². The summed E-state index contributed by atoms with van der Waals surface area (Å²) in [5, 5.41) is 12.4. The predicted molar refractivity (Wildman–Crippen MR) is 125 cm³/mol. The van der Waals surface area contributed by atoms with Crippen LogP contribution in [-0.4, -0.2) is 60.5 Å². The van der Waals surface area contributed by atoms with E-state index in [1.807, 2.05) is 29.2 Å². The molecule has 2 amide bonds. The molecular formula is C25H40N2O5. The Morgan fingerprint density at radius 1 is 1.16 bits per heavy atom. The van der Waals surface area contributed by atoms with Gasteiger partial charge in [-0.05, 0) is 49.3 Å². The summed E-state index contributed by atoms with van der Waals surface area (Å²) < 4.78 is 11.1. The summed E-state index contributed by atoms with van der Waals surface area (Å²) >= 11 is 0. The van der Waals surface area contributed by atoms with Crippen molar-refractivity contribution in [1.82, 2.24) is 10.2 Å². The number of hydrogen-bond donors (Lipinski definition) is 2. The van der Waals surface area contributed by atoms with Crippen LogP contribution in [0.4, 0.5) is 4.79 Å². The van der Waals surface area contributed by atoms with Crippen LogP contribution in [0.3, 0.4) is 0 Å². The molecule has 1 fully saturated rings. The highest BCUT2D eigenvalue weighted by molar-refractivity contribution is 5.74. The average molecular weight is 449 g/mol. The van der Waals surface area contributed by atoms with Gasteiger partial charge in [0.2, 0.25) is 0 Å². The van der Waals surface area contributed by atoms with Crippen molar-refractivity contribution >= 4 is 12.0 Å². The molecule has 1 aromatic carbocycles. The van der Waals surface area contributed by atoms with Crippen molar-refractivity contribution in [2.24, 2.45) is 5.41 Å². The lowest BCUT2D eigenvalue weighted by Gasteiger charge is -2.28. The van der Waals surface area contributed by atoms with Crippen molar-refractivity contribution in [3.05, 3.63) is 29.8 Å². The van der Waals surface area contributed by atoms with Gasteiger partial charge < -0.3 is 24.8 Å². The Morgan fingerprint density at radius 2 is 1.81 bits per heavy atom. The number of aliphatic carboxylic acids is 1. The van der Waals surface area contributed by atoms with Crippen LogP contribution in [0.2, 0.25) is 0 Å². The zero-order valence-corrected chi connectivity index (χ0v) is 20.1. The Balaban J connectivity index is 1.87. The highest BCUT2D eigenvalue weighted by Gasteiger charge is 2.22. The van der Waals surface area contributed by atoms with Crippen molar-refractivity contribution in [1.29, 1.82) is 0 Å². The second-order valence-electron chi connectivity index (χ2n) is 9.71. The first-order valence-corrected chi connectivity index (χ1v) is 11.8. The van der Waals surface area contributed by atoms with Crippen LogP contribution in [-0.2, 0) is 16.0 Å². The average Bonchev–Trinajstić information content (AvgIpc) is 3.23. The molecule has 1 aliphatic carbocycles. The number of amides is 2. The molecule has 1 unspecified atom stereocenters. The van der Waals surface area contributed by atoms with E-state index >= 15 is 0 Å². The largest absolute Gasteiger partial charge is 0.492 e. The highest BCUT2D eigenvalue weighted by atomic mass is 16.5. The molecule has 0 radical (unpaired) electrons. The molecule has 0 saturated heterocycles. The van der Waals surface area contributed by atoms with E-state index in [0.29, 0.717) is 44.5 Å². The molecule has 180 valence electrons. The van der Waals surface area contributed by atoms with Gasteiger partial charge in [0, 0.05) is 25.6 Å². The molecule has 7 heteroatoms. The fourth-order valence-corrected chi connectivity index (χ4v) is 3.75. The van der Waals surface area contributed by atoms with E-state index in [0.717, 1.165) is 24.8 Å². The lowest BCUT2D eigenvalue weighted by Crippen LogP contribution is -2.46. The van der Waals surface area contributed by atoms with Gasteiger partial charge in [-0.25, -0.2) is 9.59 Å². The number of carbonyl (C=O) groups is 2. The Bertz CT molecular complexity index is 708. The lowest BCUT2D eigenvalue weighted by atomic mass is 9.92. The van der Waals surface area contributed by atoms with Gasteiger partial charge in [-0.3, -0.25) is 0 Å². The first kappa shape index (κ1) is 26.0. The number of rotatable bonds is 12. The van der Waals surface area contributed by atoms with E-state index in [1.54, 1.807) is 6.92 Å². The van der Waals surface area contributed by atoms with Crippen LogP contribution in [0.15, 0.2) is 24.3 Å². The van der Waals surface area contributed by atoms with E-state index in [4.69, 9.17) is 9.47 Å². The van der Waals surface area contributed by atoms with Crippen LogP contribution in [0, 0.1) is 5.41 Å². The zero-order chi connectivity index (χ0) is 23.6. The molecule has 1 aromatic rings. The molecule has 0 spiro atoms. The van der Waals surface area contributed by atoms with Crippen LogP contribution in [0.5, 0.6) is 5.75 Å². The predicted octanol–water partition coefficient (Wildman–Crippen LogP) is 4.49. The van der Waals surface area contributed by atoms with Crippen LogP contribution >= 0.6 is 0 Å². The molecule has 1 atom stereocenters. The minimum Gasteiger partial charge on any atom is -0.492 e. The van der Waals surface area contributed by atoms with Gasteiger partial charge in [0.25, 0.3) is 0 Å². The van der Waals surface area contributed by atoms with Gasteiger partial charge in [-0.2, -0.15) is 0 Å². The summed E-state index contributed by atoms with van der Waals surface area (Å²) in [5.41, 5.74) is 1.03. The van der Waals surface area contributed by atoms with Crippen LogP contribution in [0.1, 0.15) is 65.4 Å². The van der Waals surface area contributed by atoms with E-state index < -0.39 is 12.1 Å². The molecule has 2 N–H and O–H groups in total. The molecule has 32 heavy (non-hydrogen) atoms. The minimum absolute atomic E-state index is 0.00395. The smallest absolute Gasteiger partial charge is 0.333 e. The lowest BCUT2D eigenvalue weighted by molar-refractivity contribution is -0.149. The Labute approximate surface area is 192 Å². The summed E-state index contributed by atoms with van der Waals surface area (Å²) in [6, 6.07) is 7.66. The number of carbonyl (C=O) groups excluding carboxylic acids is 1. The summed E-state index contributed by atoms with van der Waals surface area (Å²) in [4.78, 5) is 25.9. The molecule has 1 saturated carbocycles. The maximum absolute atomic E-state index is 12.8. The molecule has 2 rings (SSSR count). The third-order valence-electron chi connectivity index (χ3n) is 5.72. The Hall–Kier alpha value is -2.28. The topological polar surface area (TPSA) is 88.1 Å². The van der Waals surface area contributed by atoms with Gasteiger partial charge in [0.05, 0.1) is 6.54 Å². The molecule has 0 aliphatic heterocycles. The summed E-state index contributed by atoms with van der Waals surface area (Å²) in [6.07, 6.45) is 4.88. The maximum atomic E-state index is 12.8. The van der Waals surface area contributed by atoms with Crippen LogP contribution in [0.25, 0.3) is 0 Å². The van der Waals surface area contributed by atoms with E-state index in [9.17, 15) is 14.7 Å². The van der Waals surface area contributed by atoms with Crippen molar-refractivity contribution in [3.8, 4) is 5.75 Å². The Kier molecular flexibility index (Phi) is 10.3. The number of carboxylic acid groups (broad SMARTS) is 1. The maximum Gasteiger partial charge on any atom is 0.333 e. The number of hydrogen-bond acceptors (Lipinski definition) is 4. The SMILES string of the molecule is CCOC(Cc1ccc(OCCN(CCC(C)(C)C)C(=O)NC2CCCC2)cc1)C(=O)O. The fourth-order valence-electron chi connectivity index (χ4n) is 3.75. The number of benzene rings is 1. The normalized spacial score (nSPS) is 15.4. The third kappa shape index (κ3) is 9.47. The number of urea groups is 1. The monoisotopic (exact) mass is 448 g/mol. The zero-order valence-electron chi connectivity index (χ0n) is 20.1. The van der Waals surface area contributed by atoms with Gasteiger partial charge in [0.15, 0.2) is 6.10 Å². The van der Waals surface area contributed by atoms with Crippen molar-refractivity contribution < 1.29 is 24.2 Å². The first-order valence-electron chi connectivity index (χ1n) is 11.8. The highest BCUT2D eigenvalue weighted by Crippen LogP contribution is 2.21. The number of carboxylic acids is 1. The van der Waals surface area contributed by atoms with Crippen LogP contribution < -0.4 is 10.1 Å². The van der Waals surface area contributed by atoms with Crippen molar-refractivity contribution in [2.45, 2.75) is 78.4 Å². The molecule has 0 bridgehead atoms.